The van der Waals surface area contributed by atoms with E-state index in [-0.39, 0.29) is 26.4 Å². The fourth-order valence-electron chi connectivity index (χ4n) is 3.38. The Bertz CT molecular complexity index is 1500. The number of alkyl halides is 3. The second-order valence-electron chi connectivity index (χ2n) is 7.99. The molecule has 0 radical (unpaired) electrons. The summed E-state index contributed by atoms with van der Waals surface area (Å²) in [4.78, 5) is 38.2. The number of hydrogen-bond donors (Lipinski definition) is 3. The van der Waals surface area contributed by atoms with E-state index in [4.69, 9.17) is 58.0 Å². The Morgan fingerprint density at radius 1 is 0.900 bits per heavy atom. The zero-order chi connectivity index (χ0) is 29.9. The Balaban J connectivity index is 1.82. The van der Waals surface area contributed by atoms with Crippen molar-refractivity contribution in [2.75, 3.05) is 10.6 Å². The summed E-state index contributed by atoms with van der Waals surface area (Å²) in [6.45, 7) is 1.71. The highest BCUT2D eigenvalue weighted by Crippen LogP contribution is 2.42. The maximum atomic E-state index is 13.1. The number of halogens is 8. The van der Waals surface area contributed by atoms with Gasteiger partial charge in [-0.2, -0.15) is 13.2 Å². The normalized spacial score (nSPS) is 12.1. The van der Waals surface area contributed by atoms with Gasteiger partial charge in [0.1, 0.15) is 0 Å². The molecule has 0 spiro atoms. The lowest BCUT2D eigenvalue weighted by Crippen LogP contribution is -2.25. The number of hydrogen-bond acceptors (Lipinski definition) is 4. The molecule has 0 fully saturated rings. The molecule has 0 aromatic heterocycles. The number of nitrogens with one attached hydrogen (secondary N) is 2. The average Bonchev–Trinajstić information content (AvgIpc) is 2.88. The summed E-state index contributed by atoms with van der Waals surface area (Å²) in [7, 11) is 0. The van der Waals surface area contributed by atoms with Crippen LogP contribution in [0.3, 0.4) is 0 Å². The van der Waals surface area contributed by atoms with Crippen molar-refractivity contribution < 1.29 is 32.7 Å². The minimum atomic E-state index is -4.62. The van der Waals surface area contributed by atoms with Gasteiger partial charge >= 0.3 is 12.1 Å². The molecule has 0 bridgehead atoms. The zero-order valence-electron chi connectivity index (χ0n) is 19.9. The first kappa shape index (κ1) is 32.2. The van der Waals surface area contributed by atoms with Crippen LogP contribution in [0.15, 0.2) is 47.4 Å². The first-order valence-electron chi connectivity index (χ1n) is 11.0. The van der Waals surface area contributed by atoms with Gasteiger partial charge in [-0.1, -0.05) is 71.0 Å². The lowest BCUT2D eigenvalue weighted by atomic mass is 10.1. The Hall–Kier alpha value is -2.34. The van der Waals surface area contributed by atoms with E-state index < -0.39 is 55.9 Å². The van der Waals surface area contributed by atoms with Gasteiger partial charge in [0, 0.05) is 10.6 Å². The predicted molar refractivity (Wildman–Crippen MR) is 153 cm³/mol. The summed E-state index contributed by atoms with van der Waals surface area (Å²) >= 11 is 31.1. The van der Waals surface area contributed by atoms with E-state index >= 15 is 0 Å². The number of amides is 2. The summed E-state index contributed by atoms with van der Waals surface area (Å²) in [6, 6.07) is 8.81. The Labute approximate surface area is 255 Å². The van der Waals surface area contributed by atoms with E-state index in [1.54, 1.807) is 19.1 Å². The van der Waals surface area contributed by atoms with E-state index in [1.807, 2.05) is 0 Å². The van der Waals surface area contributed by atoms with Gasteiger partial charge in [-0.3, -0.25) is 9.59 Å². The minimum absolute atomic E-state index is 0.0623. The van der Waals surface area contributed by atoms with E-state index in [0.717, 1.165) is 30.0 Å². The largest absolute Gasteiger partial charge is 0.478 e. The molecule has 0 aliphatic carbocycles. The molecule has 212 valence electrons. The van der Waals surface area contributed by atoms with Gasteiger partial charge in [0.2, 0.25) is 5.91 Å². The minimum Gasteiger partial charge on any atom is -0.478 e. The molecule has 1 unspecified atom stereocenters. The number of anilines is 2. The molecule has 3 rings (SSSR count). The number of carboxylic acid groups (broad SMARTS) is 1. The molecule has 1 atom stereocenters. The molecular weight excluding hydrogens is 659 g/mol. The standard InChI is InChI=1S/C25H16Cl5F3N2O4S/c1-2-15(22(36)35-14-8-10(25(31,32)33)6-7-13(14)26)40-12-5-3-4-11(9-12)34-23(37)16-17(24(38)39)19(28)21(30)20(29)18(16)27/h3-9,15H,2H2,1H3,(H,34,37)(H,35,36)(H,38,39). The van der Waals surface area contributed by atoms with Crippen LogP contribution >= 0.6 is 69.8 Å². The smallest absolute Gasteiger partial charge is 0.416 e. The second-order valence-corrected chi connectivity index (χ2v) is 11.2. The molecule has 40 heavy (non-hydrogen) atoms. The van der Waals surface area contributed by atoms with Gasteiger partial charge in [-0.25, -0.2) is 4.79 Å². The van der Waals surface area contributed by atoms with E-state index in [2.05, 4.69) is 10.6 Å². The van der Waals surface area contributed by atoms with Crippen molar-refractivity contribution in [1.82, 2.24) is 0 Å². The van der Waals surface area contributed by atoms with Crippen LogP contribution in [0.4, 0.5) is 24.5 Å². The van der Waals surface area contributed by atoms with Crippen molar-refractivity contribution in [3.05, 3.63) is 84.3 Å². The number of benzene rings is 3. The highest BCUT2D eigenvalue weighted by atomic mass is 35.5. The topological polar surface area (TPSA) is 95.5 Å². The van der Waals surface area contributed by atoms with Gasteiger partial charge < -0.3 is 15.7 Å². The molecule has 3 aromatic carbocycles. The lowest BCUT2D eigenvalue weighted by Gasteiger charge is -2.17. The molecule has 2 amide bonds. The maximum Gasteiger partial charge on any atom is 0.416 e. The Morgan fingerprint density at radius 3 is 2.10 bits per heavy atom. The molecule has 0 heterocycles. The quantitative estimate of drug-likeness (QED) is 0.126. The Morgan fingerprint density at radius 2 is 1.52 bits per heavy atom. The third-order valence-corrected chi connectivity index (χ3v) is 8.78. The van der Waals surface area contributed by atoms with Gasteiger partial charge in [0.25, 0.3) is 5.91 Å². The molecule has 15 heteroatoms. The summed E-state index contributed by atoms with van der Waals surface area (Å²) in [5.74, 6) is -3.09. The molecule has 0 aliphatic rings. The number of aromatic carboxylic acids is 1. The SMILES string of the molecule is CCC(Sc1cccc(NC(=O)c2c(Cl)c(Cl)c(Cl)c(Cl)c2C(=O)O)c1)C(=O)Nc1cc(C(F)(F)F)ccc1Cl. The average molecular weight is 675 g/mol. The molecule has 0 saturated carbocycles. The van der Waals surface area contributed by atoms with Crippen molar-refractivity contribution in [2.24, 2.45) is 0 Å². The Kier molecular flexibility index (Phi) is 10.5. The summed E-state index contributed by atoms with van der Waals surface area (Å²) in [6.07, 6.45) is -4.32. The van der Waals surface area contributed by atoms with Gasteiger partial charge in [-0.15, -0.1) is 11.8 Å². The van der Waals surface area contributed by atoms with Crippen LogP contribution in [0.1, 0.15) is 39.6 Å². The van der Waals surface area contributed by atoms with Crippen molar-refractivity contribution in [3.8, 4) is 0 Å². The first-order valence-corrected chi connectivity index (χ1v) is 13.8. The summed E-state index contributed by atoms with van der Waals surface area (Å²) in [5, 5.41) is 12.2. The van der Waals surface area contributed by atoms with Crippen LogP contribution in [-0.4, -0.2) is 28.1 Å². The van der Waals surface area contributed by atoms with E-state index in [1.165, 1.54) is 12.1 Å². The van der Waals surface area contributed by atoms with Gasteiger partial charge in [0.05, 0.1) is 52.7 Å². The number of rotatable bonds is 8. The van der Waals surface area contributed by atoms with Gasteiger partial charge in [-0.05, 0) is 42.8 Å². The third kappa shape index (κ3) is 7.29. The maximum absolute atomic E-state index is 13.1. The van der Waals surface area contributed by atoms with Crippen LogP contribution in [0.5, 0.6) is 0 Å². The zero-order valence-corrected chi connectivity index (χ0v) is 24.5. The summed E-state index contributed by atoms with van der Waals surface area (Å²) < 4.78 is 39.2. The van der Waals surface area contributed by atoms with Crippen molar-refractivity contribution in [1.29, 1.82) is 0 Å². The molecule has 3 aromatic rings. The predicted octanol–water partition coefficient (Wildman–Crippen LogP) is 9.43. The highest BCUT2D eigenvalue weighted by Gasteiger charge is 2.32. The number of carbonyl (C=O) groups is 3. The highest BCUT2D eigenvalue weighted by molar-refractivity contribution is 8.00. The molecule has 6 nitrogen and oxygen atoms in total. The fourth-order valence-corrected chi connectivity index (χ4v) is 5.58. The lowest BCUT2D eigenvalue weighted by molar-refractivity contribution is -0.137. The van der Waals surface area contributed by atoms with Crippen LogP contribution in [0, 0.1) is 0 Å². The van der Waals surface area contributed by atoms with Crippen LogP contribution < -0.4 is 10.6 Å². The molecule has 0 aliphatic heterocycles. The van der Waals surface area contributed by atoms with Crippen molar-refractivity contribution in [3.63, 3.8) is 0 Å². The van der Waals surface area contributed by atoms with Crippen LogP contribution in [-0.2, 0) is 11.0 Å². The fraction of sp³-hybridized carbons (Fsp3) is 0.160. The molecule has 3 N–H and O–H groups in total. The monoisotopic (exact) mass is 672 g/mol. The third-order valence-electron chi connectivity index (χ3n) is 5.29. The van der Waals surface area contributed by atoms with E-state index in [0.29, 0.717) is 11.3 Å². The van der Waals surface area contributed by atoms with Crippen molar-refractivity contribution >= 4 is 98.9 Å². The van der Waals surface area contributed by atoms with Crippen LogP contribution in [0.25, 0.3) is 0 Å². The molecular formula is C25H16Cl5F3N2O4S. The van der Waals surface area contributed by atoms with Crippen molar-refractivity contribution in [2.45, 2.75) is 29.7 Å². The number of thioether (sulfide) groups is 1. The van der Waals surface area contributed by atoms with Gasteiger partial charge in [0.15, 0.2) is 0 Å². The van der Waals surface area contributed by atoms with Crippen LogP contribution in [0.2, 0.25) is 25.1 Å². The number of carbonyl (C=O) groups excluding carboxylic acids is 2. The summed E-state index contributed by atoms with van der Waals surface area (Å²) in [5.41, 5.74) is -2.09. The number of carboxylic acids is 1. The second kappa shape index (κ2) is 13.1. The first-order chi connectivity index (χ1) is 18.6. The van der Waals surface area contributed by atoms with E-state index in [9.17, 15) is 32.7 Å². The molecule has 0 saturated heterocycles.